The van der Waals surface area contributed by atoms with Crippen molar-refractivity contribution in [3.63, 3.8) is 0 Å². The first kappa shape index (κ1) is 28.6. The molecule has 0 unspecified atom stereocenters. The van der Waals surface area contributed by atoms with Crippen LogP contribution in [0.5, 0.6) is 23.1 Å². The SMILES string of the molecule is O=C(O)c1ccccc1-n1nc(C(=O)Nc2ccccc2)c(N=Nc2c3cc(CCc4cc(O)ccc4O)cc2C(=O)O3)c1O. The second-order valence-electron chi connectivity index (χ2n) is 9.97. The number of hydrogen-bond donors (Lipinski definition) is 5. The number of carbonyl (C=O) groups excluding carboxylic acids is 2. The van der Waals surface area contributed by atoms with Crippen molar-refractivity contribution >= 4 is 34.9 Å². The molecule has 2 bridgehead atoms. The van der Waals surface area contributed by atoms with E-state index in [1.165, 1.54) is 36.4 Å². The number of anilines is 1. The number of carbonyl (C=O) groups is 3. The summed E-state index contributed by atoms with van der Waals surface area (Å²) >= 11 is 0. The number of rotatable bonds is 9. The number of nitrogens with zero attached hydrogens (tertiary/aromatic N) is 4. The molecule has 4 aromatic carbocycles. The van der Waals surface area contributed by atoms with Crippen molar-refractivity contribution in [3.05, 3.63) is 113 Å². The van der Waals surface area contributed by atoms with Gasteiger partial charge in [0.2, 0.25) is 5.88 Å². The summed E-state index contributed by atoms with van der Waals surface area (Å²) in [6, 6.07) is 21.6. The monoisotopic (exact) mass is 605 g/mol. The number of nitrogens with one attached hydrogen (secondary N) is 1. The summed E-state index contributed by atoms with van der Waals surface area (Å²) in [6.45, 7) is 0. The molecule has 13 nitrogen and oxygen atoms in total. The number of aromatic nitrogens is 2. The number of aromatic carboxylic acids is 1. The third-order valence-electron chi connectivity index (χ3n) is 7.00. The standard InChI is InChI=1S/C32H23N5O8/c38-20-12-13-24(39)18(16-20)11-10-17-14-22-26(25(15-17)45-32(22)44)34-35-28-27(29(40)33-19-6-2-1-3-7-19)36-37(30(28)41)23-9-5-4-8-21(23)31(42)43/h1-9,12-16,38-39,41H,10-11H2,(H,33,40)(H,42,43). The van der Waals surface area contributed by atoms with Gasteiger partial charge >= 0.3 is 11.9 Å². The van der Waals surface area contributed by atoms with Crippen molar-refractivity contribution in [2.24, 2.45) is 10.2 Å². The fourth-order valence-corrected chi connectivity index (χ4v) is 4.82. The lowest BCUT2D eigenvalue weighted by Gasteiger charge is -2.06. The highest BCUT2D eigenvalue weighted by molar-refractivity contribution is 6.07. The average Bonchev–Trinajstić information content (AvgIpc) is 3.44. The summed E-state index contributed by atoms with van der Waals surface area (Å²) < 4.78 is 6.22. The zero-order chi connectivity index (χ0) is 31.7. The molecule has 0 spiro atoms. The molecule has 6 rings (SSSR count). The van der Waals surface area contributed by atoms with Gasteiger partial charge in [0.25, 0.3) is 5.91 Å². The number of esters is 1. The first-order chi connectivity index (χ1) is 21.7. The maximum Gasteiger partial charge on any atom is 0.346 e. The van der Waals surface area contributed by atoms with Gasteiger partial charge in [-0.3, -0.25) is 4.79 Å². The van der Waals surface area contributed by atoms with Crippen LogP contribution in [-0.4, -0.2) is 48.1 Å². The molecule has 1 aliphatic rings. The summed E-state index contributed by atoms with van der Waals surface area (Å²) in [4.78, 5) is 37.8. The van der Waals surface area contributed by atoms with Gasteiger partial charge in [-0.15, -0.1) is 10.2 Å². The molecule has 0 radical (unpaired) electrons. The van der Waals surface area contributed by atoms with E-state index in [0.717, 1.165) is 4.68 Å². The third-order valence-corrected chi connectivity index (χ3v) is 7.00. The number of benzene rings is 4. The first-order valence-electron chi connectivity index (χ1n) is 13.5. The maximum atomic E-state index is 13.3. The number of ether oxygens (including phenoxy) is 1. The van der Waals surface area contributed by atoms with Crippen molar-refractivity contribution in [1.82, 2.24) is 9.78 Å². The van der Waals surface area contributed by atoms with E-state index in [1.54, 1.807) is 48.5 Å². The summed E-state index contributed by atoms with van der Waals surface area (Å²) in [5.74, 6) is -3.25. The summed E-state index contributed by atoms with van der Waals surface area (Å²) in [6.07, 6.45) is 0.754. The molecule has 1 amide bonds. The van der Waals surface area contributed by atoms with Crippen LogP contribution in [0, 0.1) is 0 Å². The quantitative estimate of drug-likeness (QED) is 0.0798. The normalized spacial score (nSPS) is 12.0. The molecular formula is C32H23N5O8. The minimum absolute atomic E-state index is 0.0117. The lowest BCUT2D eigenvalue weighted by Crippen LogP contribution is -2.14. The van der Waals surface area contributed by atoms with Crippen molar-refractivity contribution in [1.29, 1.82) is 0 Å². The van der Waals surface area contributed by atoms with Gasteiger partial charge in [-0.2, -0.15) is 9.78 Å². The predicted octanol–water partition coefficient (Wildman–Crippen LogP) is 5.67. The van der Waals surface area contributed by atoms with Crippen LogP contribution in [0.2, 0.25) is 0 Å². The number of carboxylic acid groups (broad SMARTS) is 1. The van der Waals surface area contributed by atoms with Crippen LogP contribution < -0.4 is 10.1 Å². The molecule has 13 heteroatoms. The number of aryl methyl sites for hydroxylation is 2. The molecule has 0 atom stereocenters. The van der Waals surface area contributed by atoms with Crippen LogP contribution in [0.3, 0.4) is 0 Å². The number of para-hydroxylation sites is 2. The van der Waals surface area contributed by atoms with Gasteiger partial charge in [0.1, 0.15) is 17.2 Å². The van der Waals surface area contributed by atoms with Crippen molar-refractivity contribution < 1.29 is 39.5 Å². The third kappa shape index (κ3) is 5.64. The molecule has 0 saturated carbocycles. The van der Waals surface area contributed by atoms with Crippen molar-refractivity contribution in [2.75, 3.05) is 5.32 Å². The largest absolute Gasteiger partial charge is 0.508 e. The van der Waals surface area contributed by atoms with Crippen LogP contribution in [0.25, 0.3) is 5.69 Å². The van der Waals surface area contributed by atoms with Gasteiger partial charge < -0.3 is 30.5 Å². The molecule has 224 valence electrons. The number of aromatic hydroxyl groups is 3. The summed E-state index contributed by atoms with van der Waals surface area (Å²) in [5.41, 5.74) is 0.829. The Hall–Kier alpha value is -6.50. The number of phenolic OH excluding ortho intramolecular Hbond substituents is 2. The van der Waals surface area contributed by atoms with E-state index in [2.05, 4.69) is 20.6 Å². The molecule has 45 heavy (non-hydrogen) atoms. The Morgan fingerprint density at radius 2 is 1.60 bits per heavy atom. The van der Waals surface area contributed by atoms with Crippen molar-refractivity contribution in [3.8, 4) is 28.8 Å². The van der Waals surface area contributed by atoms with Gasteiger partial charge in [0.05, 0.1) is 16.8 Å². The highest BCUT2D eigenvalue weighted by atomic mass is 16.5. The second kappa shape index (κ2) is 11.6. The zero-order valence-corrected chi connectivity index (χ0v) is 23.2. The highest BCUT2D eigenvalue weighted by Crippen LogP contribution is 2.42. The Morgan fingerprint density at radius 3 is 2.36 bits per heavy atom. The van der Waals surface area contributed by atoms with E-state index in [1.807, 2.05) is 0 Å². The number of azo groups is 1. The minimum Gasteiger partial charge on any atom is -0.508 e. The average molecular weight is 606 g/mol. The van der Waals surface area contributed by atoms with E-state index in [9.17, 15) is 34.8 Å². The molecule has 5 N–H and O–H groups in total. The Bertz CT molecular complexity index is 2020. The van der Waals surface area contributed by atoms with E-state index in [-0.39, 0.29) is 51.1 Å². The molecule has 1 aromatic heterocycles. The lowest BCUT2D eigenvalue weighted by molar-refractivity contribution is 0.0695. The van der Waals surface area contributed by atoms with Gasteiger partial charge in [0.15, 0.2) is 17.1 Å². The van der Waals surface area contributed by atoms with Crippen LogP contribution in [0.15, 0.2) is 95.2 Å². The molecule has 0 fully saturated rings. The fourth-order valence-electron chi connectivity index (χ4n) is 4.82. The number of hydrogen-bond acceptors (Lipinski definition) is 10. The van der Waals surface area contributed by atoms with Crippen molar-refractivity contribution in [2.45, 2.75) is 12.8 Å². The van der Waals surface area contributed by atoms with Crippen LogP contribution in [0.1, 0.15) is 42.3 Å². The van der Waals surface area contributed by atoms with E-state index in [4.69, 9.17) is 4.74 Å². The fraction of sp³-hybridized carbons (Fsp3) is 0.0625. The molecular weight excluding hydrogens is 582 g/mol. The van der Waals surface area contributed by atoms with E-state index >= 15 is 0 Å². The molecule has 2 heterocycles. The minimum atomic E-state index is -1.28. The molecule has 1 aliphatic heterocycles. The highest BCUT2D eigenvalue weighted by Gasteiger charge is 2.30. The Morgan fingerprint density at radius 1 is 0.867 bits per heavy atom. The van der Waals surface area contributed by atoms with E-state index < -0.39 is 23.7 Å². The smallest absolute Gasteiger partial charge is 0.346 e. The van der Waals surface area contributed by atoms with Gasteiger partial charge in [0, 0.05) is 5.69 Å². The summed E-state index contributed by atoms with van der Waals surface area (Å²) in [5, 5.41) is 55.7. The first-order valence-corrected chi connectivity index (χ1v) is 13.5. The van der Waals surface area contributed by atoms with Crippen LogP contribution >= 0.6 is 0 Å². The lowest BCUT2D eigenvalue weighted by atomic mass is 10.0. The van der Waals surface area contributed by atoms with Gasteiger partial charge in [-0.05, 0) is 78.6 Å². The number of phenols is 2. The number of carboxylic acids is 1. The molecule has 5 aromatic rings. The molecule has 0 saturated heterocycles. The Labute approximate surface area is 254 Å². The molecule has 0 aliphatic carbocycles. The number of fused-ring (bicyclic) bond motifs is 2. The summed E-state index contributed by atoms with van der Waals surface area (Å²) in [7, 11) is 0. The predicted molar refractivity (Wildman–Crippen MR) is 159 cm³/mol. The number of amides is 1. The maximum absolute atomic E-state index is 13.3. The van der Waals surface area contributed by atoms with Crippen LogP contribution in [0.4, 0.5) is 17.1 Å². The zero-order valence-electron chi connectivity index (χ0n) is 23.2. The Balaban J connectivity index is 1.37. The van der Waals surface area contributed by atoms with Gasteiger partial charge in [-0.25, -0.2) is 9.59 Å². The van der Waals surface area contributed by atoms with Crippen LogP contribution in [-0.2, 0) is 12.8 Å². The second-order valence-corrected chi connectivity index (χ2v) is 9.97. The van der Waals surface area contributed by atoms with E-state index in [0.29, 0.717) is 29.7 Å². The Kier molecular flexibility index (Phi) is 7.40. The topological polar surface area (TPSA) is 196 Å². The van der Waals surface area contributed by atoms with Gasteiger partial charge in [-0.1, -0.05) is 30.3 Å².